The van der Waals surface area contributed by atoms with E-state index in [1.54, 1.807) is 0 Å². The van der Waals surface area contributed by atoms with Gasteiger partial charge in [-0.1, -0.05) is 0 Å². The molecule has 0 radical (unpaired) electrons. The summed E-state index contributed by atoms with van der Waals surface area (Å²) in [4.78, 5) is 10.3. The molecule has 1 aromatic rings. The van der Waals surface area contributed by atoms with Crippen LogP contribution in [0.3, 0.4) is 0 Å². The molecule has 0 saturated carbocycles. The molecule has 1 aromatic carbocycles. The average molecular weight is 231 g/mol. The van der Waals surface area contributed by atoms with Crippen LogP contribution in [0, 0.1) is 11.6 Å². The summed E-state index contributed by atoms with van der Waals surface area (Å²) < 4.78 is 30.6. The molecule has 0 saturated heterocycles. The third-order valence-electron chi connectivity index (χ3n) is 1.90. The lowest BCUT2D eigenvalue weighted by Crippen LogP contribution is -2.31. The van der Waals surface area contributed by atoms with Crippen molar-refractivity contribution in [3.63, 3.8) is 0 Å². The van der Waals surface area contributed by atoms with E-state index in [0.717, 1.165) is 18.2 Å². The predicted octanol–water partition coefficient (Wildman–Crippen LogP) is 1.15. The zero-order chi connectivity index (χ0) is 12.1. The van der Waals surface area contributed by atoms with Crippen molar-refractivity contribution in [3.8, 4) is 5.75 Å². The molecule has 0 amide bonds. The number of benzene rings is 1. The third kappa shape index (κ3) is 3.47. The fourth-order valence-electron chi connectivity index (χ4n) is 1.01. The Morgan fingerprint density at radius 3 is 2.81 bits per heavy atom. The van der Waals surface area contributed by atoms with Crippen molar-refractivity contribution in [2.24, 2.45) is 5.73 Å². The van der Waals surface area contributed by atoms with Gasteiger partial charge in [0.25, 0.3) is 0 Å². The highest BCUT2D eigenvalue weighted by Crippen LogP contribution is 2.18. The van der Waals surface area contributed by atoms with Crippen molar-refractivity contribution in [3.05, 3.63) is 29.8 Å². The summed E-state index contributed by atoms with van der Waals surface area (Å²) in [6.45, 7) is -0.0894. The van der Waals surface area contributed by atoms with Crippen LogP contribution in [0.2, 0.25) is 0 Å². The second kappa shape index (κ2) is 5.41. The summed E-state index contributed by atoms with van der Waals surface area (Å²) in [6, 6.07) is 1.71. The number of carbonyl (C=O) groups is 1. The van der Waals surface area contributed by atoms with E-state index in [2.05, 4.69) is 0 Å². The fraction of sp³-hybridized carbons (Fsp3) is 0.300. The van der Waals surface area contributed by atoms with Gasteiger partial charge in [0.2, 0.25) is 0 Å². The standard InChI is InChI=1S/C10H11F2NO3/c11-6-1-2-7(12)9(5-6)16-4-3-8(13)10(14)15/h1-2,5,8H,3-4,13H2,(H,14,15). The van der Waals surface area contributed by atoms with Crippen LogP contribution in [0.4, 0.5) is 8.78 Å². The number of aliphatic carboxylic acids is 1. The fourth-order valence-corrected chi connectivity index (χ4v) is 1.01. The summed E-state index contributed by atoms with van der Waals surface area (Å²) in [7, 11) is 0. The van der Waals surface area contributed by atoms with Crippen molar-refractivity contribution in [2.75, 3.05) is 6.61 Å². The zero-order valence-corrected chi connectivity index (χ0v) is 8.32. The number of carboxylic acids is 1. The normalized spacial score (nSPS) is 12.2. The van der Waals surface area contributed by atoms with E-state index in [0.29, 0.717) is 0 Å². The number of carboxylic acid groups (broad SMARTS) is 1. The number of ether oxygens (including phenoxy) is 1. The highest BCUT2D eigenvalue weighted by Gasteiger charge is 2.12. The van der Waals surface area contributed by atoms with E-state index in [4.69, 9.17) is 15.6 Å². The van der Waals surface area contributed by atoms with E-state index in [1.807, 2.05) is 0 Å². The van der Waals surface area contributed by atoms with E-state index in [-0.39, 0.29) is 18.8 Å². The van der Waals surface area contributed by atoms with E-state index in [9.17, 15) is 13.6 Å². The predicted molar refractivity (Wildman–Crippen MR) is 52.1 cm³/mol. The number of nitrogens with two attached hydrogens (primary N) is 1. The quantitative estimate of drug-likeness (QED) is 0.797. The van der Waals surface area contributed by atoms with Crippen LogP contribution in [-0.2, 0) is 4.79 Å². The molecule has 6 heteroatoms. The molecule has 4 nitrogen and oxygen atoms in total. The maximum atomic E-state index is 13.0. The molecule has 88 valence electrons. The van der Waals surface area contributed by atoms with Crippen LogP contribution >= 0.6 is 0 Å². The van der Waals surface area contributed by atoms with Gasteiger partial charge >= 0.3 is 5.97 Å². The minimum absolute atomic E-state index is 0.0191. The molecular formula is C10H11F2NO3. The maximum absolute atomic E-state index is 13.0. The molecule has 1 unspecified atom stereocenters. The van der Waals surface area contributed by atoms with Crippen molar-refractivity contribution < 1.29 is 23.4 Å². The maximum Gasteiger partial charge on any atom is 0.320 e. The minimum atomic E-state index is -1.16. The Labute approximate surface area is 90.6 Å². The Kier molecular flexibility index (Phi) is 4.19. The van der Waals surface area contributed by atoms with Crippen LogP contribution in [0.25, 0.3) is 0 Å². The molecule has 0 fully saturated rings. The summed E-state index contributed by atoms with van der Waals surface area (Å²) in [5, 5.41) is 8.46. The molecule has 0 aliphatic heterocycles. The first kappa shape index (κ1) is 12.4. The molecule has 1 rings (SSSR count). The van der Waals surface area contributed by atoms with Gasteiger partial charge in [0.1, 0.15) is 11.9 Å². The van der Waals surface area contributed by atoms with Crippen LogP contribution in [-0.4, -0.2) is 23.7 Å². The lowest BCUT2D eigenvalue weighted by Gasteiger charge is -2.09. The topological polar surface area (TPSA) is 72.5 Å². The second-order valence-electron chi connectivity index (χ2n) is 3.16. The summed E-state index contributed by atoms with van der Waals surface area (Å²) >= 11 is 0. The van der Waals surface area contributed by atoms with Gasteiger partial charge in [-0.2, -0.15) is 0 Å². The minimum Gasteiger partial charge on any atom is -0.490 e. The molecule has 0 bridgehead atoms. The smallest absolute Gasteiger partial charge is 0.320 e. The van der Waals surface area contributed by atoms with Crippen LogP contribution in [0.1, 0.15) is 6.42 Å². The van der Waals surface area contributed by atoms with Crippen molar-refractivity contribution in [2.45, 2.75) is 12.5 Å². The van der Waals surface area contributed by atoms with Gasteiger partial charge in [-0.15, -0.1) is 0 Å². The number of halogens is 2. The Hall–Kier alpha value is -1.69. The van der Waals surface area contributed by atoms with Crippen LogP contribution in [0.5, 0.6) is 5.75 Å². The summed E-state index contributed by atoms with van der Waals surface area (Å²) in [5.74, 6) is -2.75. The van der Waals surface area contributed by atoms with Gasteiger partial charge in [0.05, 0.1) is 6.61 Å². The van der Waals surface area contributed by atoms with Crippen LogP contribution < -0.4 is 10.5 Å². The molecule has 16 heavy (non-hydrogen) atoms. The second-order valence-corrected chi connectivity index (χ2v) is 3.16. The Balaban J connectivity index is 2.48. The van der Waals surface area contributed by atoms with E-state index < -0.39 is 23.6 Å². The SMILES string of the molecule is NC(CCOc1cc(F)ccc1F)C(=O)O. The van der Waals surface area contributed by atoms with Gasteiger partial charge in [0.15, 0.2) is 11.6 Å². The number of hydrogen-bond acceptors (Lipinski definition) is 3. The van der Waals surface area contributed by atoms with Crippen molar-refractivity contribution in [1.82, 2.24) is 0 Å². The Bertz CT molecular complexity index is 384. The first-order chi connectivity index (χ1) is 7.50. The molecule has 0 aliphatic rings. The van der Waals surface area contributed by atoms with Gasteiger partial charge in [0, 0.05) is 12.5 Å². The molecule has 0 heterocycles. The molecule has 0 aliphatic carbocycles. The highest BCUT2D eigenvalue weighted by atomic mass is 19.1. The average Bonchev–Trinajstić information content (AvgIpc) is 2.22. The van der Waals surface area contributed by atoms with Gasteiger partial charge < -0.3 is 15.6 Å². The zero-order valence-electron chi connectivity index (χ0n) is 8.32. The van der Waals surface area contributed by atoms with Gasteiger partial charge in [-0.05, 0) is 12.1 Å². The van der Waals surface area contributed by atoms with Crippen LogP contribution in [0.15, 0.2) is 18.2 Å². The van der Waals surface area contributed by atoms with E-state index in [1.165, 1.54) is 0 Å². The lowest BCUT2D eigenvalue weighted by atomic mass is 10.2. The number of hydrogen-bond donors (Lipinski definition) is 2. The molecular weight excluding hydrogens is 220 g/mol. The molecule has 0 aromatic heterocycles. The van der Waals surface area contributed by atoms with Gasteiger partial charge in [-0.25, -0.2) is 8.78 Å². The largest absolute Gasteiger partial charge is 0.490 e. The Morgan fingerprint density at radius 1 is 1.50 bits per heavy atom. The number of rotatable bonds is 5. The highest BCUT2D eigenvalue weighted by molar-refractivity contribution is 5.72. The van der Waals surface area contributed by atoms with Crippen molar-refractivity contribution >= 4 is 5.97 Å². The molecule has 1 atom stereocenters. The Morgan fingerprint density at radius 2 is 2.19 bits per heavy atom. The van der Waals surface area contributed by atoms with Crippen molar-refractivity contribution in [1.29, 1.82) is 0 Å². The lowest BCUT2D eigenvalue weighted by molar-refractivity contribution is -0.138. The first-order valence-corrected chi connectivity index (χ1v) is 4.57. The third-order valence-corrected chi connectivity index (χ3v) is 1.90. The summed E-state index contributed by atoms with van der Waals surface area (Å²) in [5.41, 5.74) is 5.20. The summed E-state index contributed by atoms with van der Waals surface area (Å²) in [6.07, 6.45) is 0.0191. The molecule has 3 N–H and O–H groups in total. The van der Waals surface area contributed by atoms with E-state index >= 15 is 0 Å². The monoisotopic (exact) mass is 231 g/mol. The molecule has 0 spiro atoms. The first-order valence-electron chi connectivity index (χ1n) is 4.57. The van der Waals surface area contributed by atoms with Gasteiger partial charge in [-0.3, -0.25) is 4.79 Å².